The van der Waals surface area contributed by atoms with Crippen LogP contribution in [-0.4, -0.2) is 37.7 Å². The van der Waals surface area contributed by atoms with Gasteiger partial charge in [-0.1, -0.05) is 26.8 Å². The summed E-state index contributed by atoms with van der Waals surface area (Å²) in [6.07, 6.45) is 3.42. The summed E-state index contributed by atoms with van der Waals surface area (Å²) in [6, 6.07) is 8.35. The van der Waals surface area contributed by atoms with Crippen LogP contribution < -0.4 is 5.32 Å². The van der Waals surface area contributed by atoms with Crippen LogP contribution in [0.4, 0.5) is 5.95 Å². The Kier molecular flexibility index (Phi) is 6.29. The predicted molar refractivity (Wildman–Crippen MR) is 109 cm³/mol. The maximum Gasteiger partial charge on any atom is 0.227 e. The highest BCUT2D eigenvalue weighted by Gasteiger charge is 2.15. The van der Waals surface area contributed by atoms with Crippen LogP contribution in [0.15, 0.2) is 30.5 Å². The minimum atomic E-state index is -0.107. The van der Waals surface area contributed by atoms with E-state index in [1.807, 2.05) is 6.20 Å². The molecule has 144 valence electrons. The van der Waals surface area contributed by atoms with Gasteiger partial charge < -0.3 is 15.4 Å². The van der Waals surface area contributed by atoms with Gasteiger partial charge in [0.1, 0.15) is 5.82 Å². The van der Waals surface area contributed by atoms with E-state index in [4.69, 9.17) is 11.6 Å². The zero-order valence-corrected chi connectivity index (χ0v) is 16.7. The molecule has 2 aromatic heterocycles. The van der Waals surface area contributed by atoms with Gasteiger partial charge >= 0.3 is 0 Å². The number of aromatic nitrogens is 4. The maximum atomic E-state index is 9.57. The van der Waals surface area contributed by atoms with Crippen molar-refractivity contribution in [3.8, 4) is 0 Å². The second kappa shape index (κ2) is 8.67. The largest absolute Gasteiger partial charge is 0.394 e. The molecule has 0 aliphatic heterocycles. The number of aliphatic hydroxyl groups is 1. The van der Waals surface area contributed by atoms with Crippen LogP contribution in [0.25, 0.3) is 10.9 Å². The Morgan fingerprint density at radius 2 is 1.96 bits per heavy atom. The number of halogens is 1. The number of benzene rings is 1. The molecule has 0 saturated carbocycles. The summed E-state index contributed by atoms with van der Waals surface area (Å²) in [4.78, 5) is 16.2. The third-order valence-corrected chi connectivity index (χ3v) is 4.77. The van der Waals surface area contributed by atoms with Crippen molar-refractivity contribution in [3.63, 3.8) is 0 Å². The minimum absolute atomic E-state index is 0.0178. The van der Waals surface area contributed by atoms with Gasteiger partial charge in [-0.3, -0.25) is 0 Å². The lowest BCUT2D eigenvalue weighted by Gasteiger charge is -2.18. The normalized spacial score (nSPS) is 13.9. The topological polar surface area (TPSA) is 86.7 Å². The number of hydrogen-bond acceptors (Lipinski definition) is 5. The van der Waals surface area contributed by atoms with E-state index in [2.05, 4.69) is 70.3 Å². The first-order chi connectivity index (χ1) is 12.9. The Hall–Kier alpha value is -2.18. The molecule has 7 heteroatoms. The van der Waals surface area contributed by atoms with Gasteiger partial charge in [0, 0.05) is 18.1 Å². The van der Waals surface area contributed by atoms with Crippen molar-refractivity contribution < 1.29 is 5.11 Å². The number of nitrogens with one attached hydrogen (secondary N) is 2. The first-order valence-electron chi connectivity index (χ1n) is 9.29. The van der Waals surface area contributed by atoms with Gasteiger partial charge in [0.05, 0.1) is 12.6 Å². The van der Waals surface area contributed by atoms with E-state index >= 15 is 0 Å². The summed E-state index contributed by atoms with van der Waals surface area (Å²) in [5.74, 6) is 1.74. The average molecular weight is 388 g/mol. The van der Waals surface area contributed by atoms with Crippen LogP contribution in [-0.2, 0) is 6.42 Å². The number of aromatic amines is 1. The van der Waals surface area contributed by atoms with Crippen LogP contribution >= 0.6 is 11.6 Å². The standard InChI is InChI=1S/C20H26ClN5O/c1-12(2)8-16(11-27)23-20-25-18(24-19(21)26-20)9-13(3)14-4-5-17-15(10-14)6-7-22-17/h4-7,10,12-13,16,22,27H,8-9,11H2,1-3H3,(H,23,24,25,26)/t13?,16-/m1/s1. The predicted octanol–water partition coefficient (Wildman–Crippen LogP) is 4.17. The first kappa shape index (κ1) is 19.6. The molecule has 1 unspecified atom stereocenters. The Morgan fingerprint density at radius 1 is 1.15 bits per heavy atom. The fraction of sp³-hybridized carbons (Fsp3) is 0.450. The SMILES string of the molecule is CC(C)C[C@H](CO)Nc1nc(Cl)nc(CC(C)c2ccc3[nH]ccc3c2)n1. The smallest absolute Gasteiger partial charge is 0.227 e. The lowest BCUT2D eigenvalue weighted by molar-refractivity contribution is 0.259. The fourth-order valence-electron chi connectivity index (χ4n) is 3.25. The fourth-order valence-corrected chi connectivity index (χ4v) is 3.43. The number of rotatable bonds is 8. The molecular formula is C20H26ClN5O. The van der Waals surface area contributed by atoms with Crippen LogP contribution in [0.2, 0.25) is 5.28 Å². The van der Waals surface area contributed by atoms with Crippen molar-refractivity contribution in [3.05, 3.63) is 47.1 Å². The van der Waals surface area contributed by atoms with Crippen molar-refractivity contribution in [2.75, 3.05) is 11.9 Å². The second-order valence-corrected chi connectivity index (χ2v) is 7.77. The van der Waals surface area contributed by atoms with Crippen molar-refractivity contribution in [2.45, 2.75) is 45.6 Å². The van der Waals surface area contributed by atoms with Crippen molar-refractivity contribution in [1.29, 1.82) is 0 Å². The number of fused-ring (bicyclic) bond motifs is 1. The molecule has 2 heterocycles. The van der Waals surface area contributed by atoms with E-state index in [1.165, 1.54) is 10.9 Å². The number of hydrogen-bond donors (Lipinski definition) is 3. The maximum absolute atomic E-state index is 9.57. The monoisotopic (exact) mass is 387 g/mol. The molecule has 2 atom stereocenters. The zero-order valence-electron chi connectivity index (χ0n) is 15.9. The summed E-state index contributed by atoms with van der Waals surface area (Å²) in [6.45, 7) is 6.39. The lowest BCUT2D eigenvalue weighted by Crippen LogP contribution is -2.27. The van der Waals surface area contributed by atoms with Crippen molar-refractivity contribution >= 4 is 28.5 Å². The molecule has 3 aromatic rings. The van der Waals surface area contributed by atoms with E-state index in [-0.39, 0.29) is 23.9 Å². The lowest BCUT2D eigenvalue weighted by atomic mass is 9.96. The molecule has 0 saturated heterocycles. The van der Waals surface area contributed by atoms with Gasteiger partial charge in [0.15, 0.2) is 0 Å². The summed E-state index contributed by atoms with van der Waals surface area (Å²) < 4.78 is 0. The van der Waals surface area contributed by atoms with Crippen LogP contribution in [0, 0.1) is 5.92 Å². The molecular weight excluding hydrogens is 362 g/mol. The molecule has 0 bridgehead atoms. The highest BCUT2D eigenvalue weighted by atomic mass is 35.5. The van der Waals surface area contributed by atoms with E-state index < -0.39 is 0 Å². The molecule has 0 radical (unpaired) electrons. The highest BCUT2D eigenvalue weighted by molar-refractivity contribution is 6.28. The van der Waals surface area contributed by atoms with Crippen molar-refractivity contribution in [1.82, 2.24) is 19.9 Å². The summed E-state index contributed by atoms with van der Waals surface area (Å²) in [5.41, 5.74) is 2.35. The Bertz CT molecular complexity index is 895. The third kappa shape index (κ3) is 5.17. The third-order valence-electron chi connectivity index (χ3n) is 4.60. The molecule has 0 spiro atoms. The molecule has 1 aromatic carbocycles. The van der Waals surface area contributed by atoms with Gasteiger partial charge in [-0.25, -0.2) is 4.98 Å². The molecule has 0 fully saturated rings. The average Bonchev–Trinajstić information content (AvgIpc) is 3.07. The van der Waals surface area contributed by atoms with E-state index in [0.29, 0.717) is 24.1 Å². The van der Waals surface area contributed by atoms with Crippen LogP contribution in [0.5, 0.6) is 0 Å². The quantitative estimate of drug-likeness (QED) is 0.540. The molecule has 27 heavy (non-hydrogen) atoms. The Balaban J connectivity index is 1.74. The summed E-state index contributed by atoms with van der Waals surface area (Å²) in [7, 11) is 0. The van der Waals surface area contributed by atoms with Crippen molar-refractivity contribution in [2.24, 2.45) is 5.92 Å². The van der Waals surface area contributed by atoms with Gasteiger partial charge in [-0.2, -0.15) is 9.97 Å². The number of anilines is 1. The second-order valence-electron chi connectivity index (χ2n) is 7.43. The molecule has 0 aliphatic rings. The molecule has 3 rings (SSSR count). The molecule has 0 amide bonds. The zero-order chi connectivity index (χ0) is 19.4. The van der Waals surface area contributed by atoms with E-state index in [9.17, 15) is 5.11 Å². The first-order valence-corrected chi connectivity index (χ1v) is 9.67. The molecule has 3 N–H and O–H groups in total. The Morgan fingerprint density at radius 3 is 2.70 bits per heavy atom. The molecule has 0 aliphatic carbocycles. The number of H-pyrrole nitrogens is 1. The Labute approximate surface area is 164 Å². The number of nitrogens with zero attached hydrogens (tertiary/aromatic N) is 3. The van der Waals surface area contributed by atoms with E-state index in [0.717, 1.165) is 11.9 Å². The van der Waals surface area contributed by atoms with Crippen LogP contribution in [0.3, 0.4) is 0 Å². The summed E-state index contributed by atoms with van der Waals surface area (Å²) in [5, 5.41) is 14.1. The minimum Gasteiger partial charge on any atom is -0.394 e. The molecule has 6 nitrogen and oxygen atoms in total. The van der Waals surface area contributed by atoms with Gasteiger partial charge in [-0.05, 0) is 59.0 Å². The van der Waals surface area contributed by atoms with Crippen LogP contribution in [0.1, 0.15) is 44.5 Å². The summed E-state index contributed by atoms with van der Waals surface area (Å²) >= 11 is 6.11. The highest BCUT2D eigenvalue weighted by Crippen LogP contribution is 2.24. The van der Waals surface area contributed by atoms with Gasteiger partial charge in [0.25, 0.3) is 0 Å². The van der Waals surface area contributed by atoms with E-state index in [1.54, 1.807) is 0 Å². The van der Waals surface area contributed by atoms with Gasteiger partial charge in [-0.15, -0.1) is 0 Å². The van der Waals surface area contributed by atoms with Gasteiger partial charge in [0.2, 0.25) is 11.2 Å². The number of aliphatic hydroxyl groups excluding tert-OH is 1.